The Hall–Kier alpha value is -3.22. The van der Waals surface area contributed by atoms with Crippen molar-refractivity contribution in [2.24, 2.45) is 0 Å². The molecular weight excluding hydrogens is 454 g/mol. The summed E-state index contributed by atoms with van der Waals surface area (Å²) in [6.45, 7) is 6.35. The van der Waals surface area contributed by atoms with Gasteiger partial charge in [-0.25, -0.2) is 0 Å². The van der Waals surface area contributed by atoms with E-state index >= 15 is 0 Å². The molecule has 4 N–H and O–H groups in total. The fourth-order valence-electron chi connectivity index (χ4n) is 3.25. The number of carbonyl (C=O) groups excluding carboxylic acids is 2. The molecule has 1 amide bonds. The van der Waals surface area contributed by atoms with E-state index in [1.165, 1.54) is 0 Å². The van der Waals surface area contributed by atoms with Crippen LogP contribution in [0.4, 0.5) is 11.4 Å². The third-order valence-electron chi connectivity index (χ3n) is 5.17. The van der Waals surface area contributed by atoms with Gasteiger partial charge >= 0.3 is 0 Å². The molecule has 5 nitrogen and oxygen atoms in total. The molecule has 0 unspecified atom stereocenters. The van der Waals surface area contributed by atoms with Crippen LogP contribution in [0.15, 0.2) is 66.7 Å². The van der Waals surface area contributed by atoms with E-state index in [0.717, 1.165) is 5.56 Å². The maximum absolute atomic E-state index is 12.6. The molecule has 0 aromatic heterocycles. The summed E-state index contributed by atoms with van der Waals surface area (Å²) in [5.74, 6) is -0.420. The number of thiocarbonyl (C=S) groups is 1. The lowest BCUT2D eigenvalue weighted by Crippen LogP contribution is -2.34. The number of nitrogens with two attached hydrogens (primary N) is 1. The van der Waals surface area contributed by atoms with Crippen molar-refractivity contribution < 1.29 is 9.59 Å². The molecule has 0 heterocycles. The topological polar surface area (TPSA) is 84.2 Å². The van der Waals surface area contributed by atoms with Gasteiger partial charge in [0.05, 0.1) is 5.02 Å². The predicted molar refractivity (Wildman–Crippen MR) is 139 cm³/mol. The number of nitrogen functional groups attached to an aromatic ring is 1. The van der Waals surface area contributed by atoms with Gasteiger partial charge in [0.15, 0.2) is 10.9 Å². The van der Waals surface area contributed by atoms with E-state index < -0.39 is 0 Å². The lowest BCUT2D eigenvalue weighted by molar-refractivity contribution is 0.0974. The first kappa shape index (κ1) is 24.4. The Morgan fingerprint density at radius 3 is 2.27 bits per heavy atom. The molecule has 3 aromatic rings. The quantitative estimate of drug-likeness (QED) is 0.245. The third kappa shape index (κ3) is 6.40. The number of hydrogen-bond donors (Lipinski definition) is 3. The molecule has 3 aromatic carbocycles. The van der Waals surface area contributed by atoms with Crippen molar-refractivity contribution >= 4 is 52.0 Å². The maximum Gasteiger partial charge on any atom is 0.257 e. The highest BCUT2D eigenvalue weighted by atomic mass is 35.5. The molecule has 0 radical (unpaired) electrons. The second-order valence-corrected chi connectivity index (χ2v) is 9.54. The summed E-state index contributed by atoms with van der Waals surface area (Å²) in [5, 5.41) is 6.19. The number of rotatable bonds is 5. The highest BCUT2D eigenvalue weighted by Crippen LogP contribution is 2.23. The van der Waals surface area contributed by atoms with Crippen LogP contribution in [0.2, 0.25) is 5.02 Å². The van der Waals surface area contributed by atoms with Gasteiger partial charge in [-0.05, 0) is 65.2 Å². The van der Waals surface area contributed by atoms with Gasteiger partial charge in [0, 0.05) is 28.9 Å². The van der Waals surface area contributed by atoms with Crippen LogP contribution in [0.25, 0.3) is 0 Å². The second kappa shape index (κ2) is 10.1. The van der Waals surface area contributed by atoms with Crippen LogP contribution in [0.1, 0.15) is 52.6 Å². The number of hydrogen-bond acceptors (Lipinski definition) is 4. The van der Waals surface area contributed by atoms with E-state index in [4.69, 9.17) is 29.6 Å². The Morgan fingerprint density at radius 1 is 1.00 bits per heavy atom. The minimum absolute atomic E-state index is 0.00985. The first-order valence-electron chi connectivity index (χ1n) is 10.4. The Bertz CT molecular complexity index is 1200. The van der Waals surface area contributed by atoms with Crippen molar-refractivity contribution in [2.75, 3.05) is 11.1 Å². The van der Waals surface area contributed by atoms with E-state index in [1.54, 1.807) is 54.6 Å². The van der Waals surface area contributed by atoms with Crippen LogP contribution in [0.5, 0.6) is 0 Å². The van der Waals surface area contributed by atoms with Crippen molar-refractivity contribution in [3.05, 3.63) is 94.0 Å². The number of carbonyl (C=O) groups is 2. The van der Waals surface area contributed by atoms with E-state index in [-0.39, 0.29) is 28.6 Å². The molecule has 0 saturated carbocycles. The minimum atomic E-state index is -0.303. The van der Waals surface area contributed by atoms with Gasteiger partial charge in [0.1, 0.15) is 0 Å². The lowest BCUT2D eigenvalue weighted by Gasteiger charge is -2.19. The highest BCUT2D eigenvalue weighted by Gasteiger charge is 2.16. The fraction of sp³-hybridized carbons (Fsp3) is 0.192. The van der Waals surface area contributed by atoms with Gasteiger partial charge in [-0.1, -0.05) is 62.7 Å². The molecule has 0 atom stereocenters. The molecule has 0 fully saturated rings. The van der Waals surface area contributed by atoms with Gasteiger partial charge in [-0.2, -0.15) is 0 Å². The number of anilines is 2. The van der Waals surface area contributed by atoms with Gasteiger partial charge in [-0.3, -0.25) is 14.9 Å². The minimum Gasteiger partial charge on any atom is -0.398 e. The number of benzene rings is 3. The molecule has 0 bridgehead atoms. The summed E-state index contributed by atoms with van der Waals surface area (Å²) in [6, 6.07) is 19.5. The molecule has 0 saturated heterocycles. The number of ketones is 1. The summed E-state index contributed by atoms with van der Waals surface area (Å²) in [5.41, 5.74) is 10.00. The zero-order valence-electron chi connectivity index (χ0n) is 18.7. The van der Waals surface area contributed by atoms with Gasteiger partial charge in [-0.15, -0.1) is 0 Å². The van der Waals surface area contributed by atoms with Crippen LogP contribution in [0.3, 0.4) is 0 Å². The Morgan fingerprint density at radius 2 is 1.67 bits per heavy atom. The SMILES string of the molecule is CC(C)(C)c1ccc(C(=O)NC(=S)Nc2ccc(CC(=O)c3ccccc3Cl)c(N)c2)cc1. The summed E-state index contributed by atoms with van der Waals surface area (Å²) >= 11 is 11.4. The smallest absolute Gasteiger partial charge is 0.257 e. The number of halogens is 1. The molecule has 7 heteroatoms. The molecular formula is C26H26ClN3O2S. The van der Waals surface area contributed by atoms with Crippen molar-refractivity contribution in [3.8, 4) is 0 Å². The normalized spacial score (nSPS) is 11.0. The van der Waals surface area contributed by atoms with Crippen LogP contribution in [0, 0.1) is 0 Å². The lowest BCUT2D eigenvalue weighted by atomic mass is 9.87. The molecule has 0 aliphatic carbocycles. The van der Waals surface area contributed by atoms with E-state index in [0.29, 0.717) is 33.1 Å². The monoisotopic (exact) mass is 479 g/mol. The maximum atomic E-state index is 12.6. The first-order chi connectivity index (χ1) is 15.5. The standard InChI is InChI=1S/C26H26ClN3O2S/c1-26(2,3)18-11-8-16(9-12-18)24(32)30-25(33)29-19-13-10-17(22(28)15-19)14-23(31)20-6-4-5-7-21(20)27/h4-13,15H,14,28H2,1-3H3,(H2,29,30,32,33). The second-order valence-electron chi connectivity index (χ2n) is 8.73. The van der Waals surface area contributed by atoms with Crippen molar-refractivity contribution in [2.45, 2.75) is 32.6 Å². The van der Waals surface area contributed by atoms with Crippen LogP contribution in [-0.2, 0) is 11.8 Å². The first-order valence-corrected chi connectivity index (χ1v) is 11.2. The van der Waals surface area contributed by atoms with Crippen LogP contribution >= 0.6 is 23.8 Å². The van der Waals surface area contributed by atoms with Crippen LogP contribution < -0.4 is 16.4 Å². The predicted octanol–water partition coefficient (Wildman–Crippen LogP) is 5.77. The molecule has 33 heavy (non-hydrogen) atoms. The molecule has 3 rings (SSSR count). The summed E-state index contributed by atoms with van der Waals surface area (Å²) in [4.78, 5) is 25.1. The zero-order valence-corrected chi connectivity index (χ0v) is 20.3. The summed E-state index contributed by atoms with van der Waals surface area (Å²) in [7, 11) is 0. The highest BCUT2D eigenvalue weighted by molar-refractivity contribution is 7.80. The summed E-state index contributed by atoms with van der Waals surface area (Å²) < 4.78 is 0. The Balaban J connectivity index is 1.61. The average molecular weight is 480 g/mol. The molecule has 0 aliphatic rings. The van der Waals surface area contributed by atoms with Crippen molar-refractivity contribution in [1.82, 2.24) is 5.32 Å². The third-order valence-corrected chi connectivity index (χ3v) is 5.70. The molecule has 0 spiro atoms. The van der Waals surface area contributed by atoms with E-state index in [9.17, 15) is 9.59 Å². The number of amides is 1. The Labute approximate surface area is 204 Å². The van der Waals surface area contributed by atoms with Crippen LogP contribution in [-0.4, -0.2) is 16.8 Å². The van der Waals surface area contributed by atoms with Crippen molar-refractivity contribution in [1.29, 1.82) is 0 Å². The van der Waals surface area contributed by atoms with Crippen molar-refractivity contribution in [3.63, 3.8) is 0 Å². The fourth-order valence-corrected chi connectivity index (χ4v) is 3.70. The molecule has 0 aliphatic heterocycles. The number of nitrogens with one attached hydrogen (secondary N) is 2. The zero-order chi connectivity index (χ0) is 24.2. The van der Waals surface area contributed by atoms with Gasteiger partial charge < -0.3 is 11.1 Å². The van der Waals surface area contributed by atoms with E-state index in [2.05, 4.69) is 31.4 Å². The largest absolute Gasteiger partial charge is 0.398 e. The Kier molecular flexibility index (Phi) is 7.51. The van der Waals surface area contributed by atoms with E-state index in [1.807, 2.05) is 12.1 Å². The van der Waals surface area contributed by atoms with Gasteiger partial charge in [0.25, 0.3) is 5.91 Å². The molecule has 170 valence electrons. The average Bonchev–Trinajstić information content (AvgIpc) is 2.75. The number of Topliss-reactive ketones (excluding diaryl/α,β-unsaturated/α-hetero) is 1. The van der Waals surface area contributed by atoms with Gasteiger partial charge in [0.2, 0.25) is 0 Å². The summed E-state index contributed by atoms with van der Waals surface area (Å²) in [6.07, 6.45) is 0.127.